The predicted octanol–water partition coefficient (Wildman–Crippen LogP) is 3.22. The van der Waals surface area contributed by atoms with E-state index < -0.39 is 0 Å². The first-order valence-electron chi connectivity index (χ1n) is 8.16. The number of rotatable bonds is 4. The topological polar surface area (TPSA) is 15.7 Å². The Hall–Kier alpha value is -1.43. The van der Waals surface area contributed by atoms with E-state index in [9.17, 15) is 4.39 Å². The highest BCUT2D eigenvalue weighted by atomic mass is 32.1. The second-order valence-electron chi connectivity index (χ2n) is 6.45. The lowest BCUT2D eigenvalue weighted by molar-refractivity contribution is 0.0979. The molecule has 0 amide bonds. The summed E-state index contributed by atoms with van der Waals surface area (Å²) in [6.45, 7) is 5.30. The van der Waals surface area contributed by atoms with Crippen LogP contribution >= 0.6 is 11.3 Å². The molecule has 1 aromatic carbocycles. The maximum Gasteiger partial charge on any atom is 0.126 e. The molecule has 5 heteroatoms. The molecule has 2 aliphatic heterocycles. The van der Waals surface area contributed by atoms with Gasteiger partial charge in [0.15, 0.2) is 0 Å². The Morgan fingerprint density at radius 2 is 2.17 bits per heavy atom. The summed E-state index contributed by atoms with van der Waals surface area (Å²) >= 11 is 1.76. The fraction of sp³-hybridized carbons (Fsp3) is 0.444. The van der Waals surface area contributed by atoms with E-state index in [4.69, 9.17) is 4.74 Å². The summed E-state index contributed by atoms with van der Waals surface area (Å²) in [5.41, 5.74) is 1.41. The number of nitrogens with zero attached hydrogens (tertiary/aromatic N) is 2. The number of benzene rings is 1. The molecule has 2 atom stereocenters. The summed E-state index contributed by atoms with van der Waals surface area (Å²) in [6.07, 6.45) is 1.19. The minimum Gasteiger partial charge on any atom is -0.489 e. The summed E-state index contributed by atoms with van der Waals surface area (Å²) < 4.78 is 19.3. The number of ether oxygens (including phenoxy) is 1. The molecular weight excluding hydrogens is 311 g/mol. The van der Waals surface area contributed by atoms with E-state index in [1.807, 2.05) is 6.07 Å². The van der Waals surface area contributed by atoms with Crippen LogP contribution in [0.5, 0.6) is 5.75 Å². The van der Waals surface area contributed by atoms with Gasteiger partial charge in [-0.3, -0.25) is 9.80 Å². The molecule has 3 heterocycles. The van der Waals surface area contributed by atoms with Crippen molar-refractivity contribution in [2.75, 3.05) is 26.2 Å². The number of thiophene rings is 1. The van der Waals surface area contributed by atoms with E-state index in [1.165, 1.54) is 17.7 Å². The van der Waals surface area contributed by atoms with E-state index in [0.29, 0.717) is 11.8 Å². The van der Waals surface area contributed by atoms with Crippen molar-refractivity contribution in [3.63, 3.8) is 0 Å². The summed E-state index contributed by atoms with van der Waals surface area (Å²) in [4.78, 5) is 5.06. The van der Waals surface area contributed by atoms with Gasteiger partial charge in [0.2, 0.25) is 0 Å². The van der Waals surface area contributed by atoms with Crippen molar-refractivity contribution in [1.82, 2.24) is 9.80 Å². The van der Waals surface area contributed by atoms with Gasteiger partial charge in [-0.15, -0.1) is 0 Å². The largest absolute Gasteiger partial charge is 0.489 e. The monoisotopic (exact) mass is 332 g/mol. The zero-order valence-electron chi connectivity index (χ0n) is 13.0. The second-order valence-corrected chi connectivity index (χ2v) is 7.23. The van der Waals surface area contributed by atoms with Crippen molar-refractivity contribution in [2.24, 2.45) is 0 Å². The smallest absolute Gasteiger partial charge is 0.126 e. The summed E-state index contributed by atoms with van der Waals surface area (Å²) in [7, 11) is 0. The summed E-state index contributed by atoms with van der Waals surface area (Å²) in [5, 5.41) is 4.38. The van der Waals surface area contributed by atoms with Crippen molar-refractivity contribution >= 4 is 11.3 Å². The molecule has 2 aromatic rings. The van der Waals surface area contributed by atoms with Crippen molar-refractivity contribution < 1.29 is 9.13 Å². The van der Waals surface area contributed by atoms with Crippen LogP contribution in [0.2, 0.25) is 0 Å². The van der Waals surface area contributed by atoms with Crippen molar-refractivity contribution in [3.8, 4) is 5.75 Å². The molecule has 4 rings (SSSR count). The van der Waals surface area contributed by atoms with Gasteiger partial charge in [0.1, 0.15) is 17.7 Å². The Kier molecular flexibility index (Phi) is 4.33. The van der Waals surface area contributed by atoms with Crippen molar-refractivity contribution in [1.29, 1.82) is 0 Å². The molecule has 122 valence electrons. The van der Waals surface area contributed by atoms with Crippen LogP contribution in [0.1, 0.15) is 12.0 Å². The fourth-order valence-electron chi connectivity index (χ4n) is 3.66. The highest BCUT2D eigenvalue weighted by Crippen LogP contribution is 2.27. The van der Waals surface area contributed by atoms with Gasteiger partial charge >= 0.3 is 0 Å². The van der Waals surface area contributed by atoms with Crippen LogP contribution in [-0.4, -0.2) is 48.1 Å². The molecule has 2 aliphatic rings. The number of hydrogen-bond donors (Lipinski definition) is 0. The van der Waals surface area contributed by atoms with Gasteiger partial charge in [-0.2, -0.15) is 11.3 Å². The molecule has 0 spiro atoms. The predicted molar refractivity (Wildman–Crippen MR) is 90.4 cm³/mol. The van der Waals surface area contributed by atoms with Crippen LogP contribution in [0, 0.1) is 5.82 Å². The second kappa shape index (κ2) is 6.59. The lowest BCUT2D eigenvalue weighted by atomic mass is 10.1. The van der Waals surface area contributed by atoms with Crippen LogP contribution in [-0.2, 0) is 6.54 Å². The molecule has 2 fully saturated rings. The highest BCUT2D eigenvalue weighted by molar-refractivity contribution is 7.07. The molecule has 0 saturated carbocycles. The van der Waals surface area contributed by atoms with E-state index in [2.05, 4.69) is 26.6 Å². The normalized spacial score (nSPS) is 25.4. The average molecular weight is 332 g/mol. The van der Waals surface area contributed by atoms with Crippen molar-refractivity contribution in [2.45, 2.75) is 25.1 Å². The first kappa shape index (κ1) is 15.1. The number of fused-ring (bicyclic) bond motifs is 1. The molecule has 3 nitrogen and oxygen atoms in total. The molecule has 0 aliphatic carbocycles. The number of halogens is 1. The van der Waals surface area contributed by atoms with E-state index in [1.54, 1.807) is 17.4 Å². The van der Waals surface area contributed by atoms with Crippen LogP contribution in [0.4, 0.5) is 4.39 Å². The molecule has 2 saturated heterocycles. The standard InChI is InChI=1S/C18H21FN2OS/c19-15-2-1-3-17(8-15)22-18-9-16-11-20(5-6-21(16)12-18)10-14-4-7-23-13-14/h1-4,7-8,13,16,18H,5-6,9-12H2/t16-,18+/m1/s1. The third-order valence-electron chi connectivity index (χ3n) is 4.75. The third-order valence-corrected chi connectivity index (χ3v) is 5.48. The lowest BCUT2D eigenvalue weighted by Gasteiger charge is -2.37. The van der Waals surface area contributed by atoms with Gasteiger partial charge in [0.25, 0.3) is 0 Å². The quantitative estimate of drug-likeness (QED) is 0.855. The molecule has 23 heavy (non-hydrogen) atoms. The van der Waals surface area contributed by atoms with Crippen LogP contribution in [0.25, 0.3) is 0 Å². The Morgan fingerprint density at radius 3 is 3.00 bits per heavy atom. The number of piperazine rings is 1. The minimum absolute atomic E-state index is 0.169. The Morgan fingerprint density at radius 1 is 1.22 bits per heavy atom. The molecule has 0 bridgehead atoms. The molecule has 0 N–H and O–H groups in total. The SMILES string of the molecule is Fc1cccc(O[C@H]2C[C@@H]3CN(Cc4ccsc4)CCN3C2)c1. The molecule has 0 unspecified atom stereocenters. The maximum absolute atomic E-state index is 13.3. The summed E-state index contributed by atoms with van der Waals surface area (Å²) in [6, 6.07) is 9.23. The van der Waals surface area contributed by atoms with Gasteiger partial charge in [-0.25, -0.2) is 4.39 Å². The zero-order valence-corrected chi connectivity index (χ0v) is 13.8. The van der Waals surface area contributed by atoms with Crippen LogP contribution in [0.3, 0.4) is 0 Å². The van der Waals surface area contributed by atoms with Crippen LogP contribution < -0.4 is 4.74 Å². The third kappa shape index (κ3) is 3.57. The fourth-order valence-corrected chi connectivity index (χ4v) is 4.32. The minimum atomic E-state index is -0.236. The van der Waals surface area contributed by atoms with E-state index in [0.717, 1.165) is 39.1 Å². The Labute approximate surface area is 140 Å². The molecule has 0 radical (unpaired) electrons. The summed E-state index contributed by atoms with van der Waals surface area (Å²) in [5.74, 6) is 0.408. The maximum atomic E-state index is 13.3. The first-order valence-corrected chi connectivity index (χ1v) is 9.10. The zero-order chi connectivity index (χ0) is 15.6. The highest BCUT2D eigenvalue weighted by Gasteiger charge is 2.37. The van der Waals surface area contributed by atoms with Gasteiger partial charge in [0.05, 0.1) is 0 Å². The van der Waals surface area contributed by atoms with Gasteiger partial charge < -0.3 is 4.74 Å². The first-order chi connectivity index (χ1) is 11.3. The number of hydrogen-bond acceptors (Lipinski definition) is 4. The van der Waals surface area contributed by atoms with Crippen LogP contribution in [0.15, 0.2) is 41.1 Å². The molecule has 1 aromatic heterocycles. The van der Waals surface area contributed by atoms with E-state index in [-0.39, 0.29) is 11.9 Å². The van der Waals surface area contributed by atoms with Gasteiger partial charge in [-0.05, 0) is 34.5 Å². The lowest BCUT2D eigenvalue weighted by Crippen LogP contribution is -2.49. The van der Waals surface area contributed by atoms with Crippen molar-refractivity contribution in [3.05, 3.63) is 52.5 Å². The van der Waals surface area contributed by atoms with Gasteiger partial charge in [-0.1, -0.05) is 6.07 Å². The van der Waals surface area contributed by atoms with E-state index >= 15 is 0 Å². The Balaban J connectivity index is 1.34. The Bertz CT molecular complexity index is 648. The average Bonchev–Trinajstić information content (AvgIpc) is 3.16. The van der Waals surface area contributed by atoms with Gasteiger partial charge in [0, 0.05) is 51.3 Å². The molecular formula is C18H21FN2OS.